The Balaban J connectivity index is 2.85. The highest BCUT2D eigenvalue weighted by molar-refractivity contribution is 6.55. The molecule has 0 saturated carbocycles. The van der Waals surface area contributed by atoms with E-state index in [9.17, 15) is 0 Å². The molecule has 0 spiro atoms. The highest BCUT2D eigenvalue weighted by Crippen LogP contribution is 2.22. The molecule has 1 atom stereocenters. The van der Waals surface area contributed by atoms with Gasteiger partial charge in [-0.15, -0.1) is 11.6 Å². The Morgan fingerprint density at radius 3 is 2.31 bits per heavy atom. The van der Waals surface area contributed by atoms with Crippen LogP contribution in [0.3, 0.4) is 0 Å². The zero-order valence-corrected chi connectivity index (χ0v) is 9.15. The second kappa shape index (κ2) is 5.54. The molecule has 0 radical (unpaired) electrons. The third-order valence-corrected chi connectivity index (χ3v) is 2.31. The molecular weight excluding hydrogens is 226 g/mol. The van der Waals surface area contributed by atoms with Crippen molar-refractivity contribution in [2.45, 2.75) is 5.92 Å². The van der Waals surface area contributed by atoms with Crippen molar-refractivity contribution in [1.82, 2.24) is 0 Å². The number of alkyl halides is 1. The normalized spacial score (nSPS) is 12.2. The molecule has 0 aromatic heterocycles. The van der Waals surface area contributed by atoms with E-state index in [4.69, 9.17) is 34.8 Å². The third kappa shape index (κ3) is 3.60. The molecule has 13 heavy (non-hydrogen) atoms. The lowest BCUT2D eigenvalue weighted by Gasteiger charge is -2.08. The summed E-state index contributed by atoms with van der Waals surface area (Å²) >= 11 is 16.9. The number of benzene rings is 1. The van der Waals surface area contributed by atoms with Crippen LogP contribution >= 0.6 is 34.8 Å². The second-order valence-corrected chi connectivity index (χ2v) is 3.94. The maximum absolute atomic E-state index is 5.78. The number of rotatable bonds is 3. The van der Waals surface area contributed by atoms with Gasteiger partial charge in [0.1, 0.15) is 4.49 Å². The van der Waals surface area contributed by atoms with Gasteiger partial charge >= 0.3 is 0 Å². The molecule has 0 aliphatic heterocycles. The zero-order chi connectivity index (χ0) is 9.68. The van der Waals surface area contributed by atoms with E-state index in [1.807, 2.05) is 30.3 Å². The van der Waals surface area contributed by atoms with Crippen molar-refractivity contribution in [3.63, 3.8) is 0 Å². The van der Waals surface area contributed by atoms with Crippen LogP contribution in [-0.2, 0) is 0 Å². The lowest BCUT2D eigenvalue weighted by Crippen LogP contribution is -1.96. The van der Waals surface area contributed by atoms with Crippen molar-refractivity contribution in [2.75, 3.05) is 5.88 Å². The van der Waals surface area contributed by atoms with E-state index in [1.54, 1.807) is 6.08 Å². The summed E-state index contributed by atoms with van der Waals surface area (Å²) in [6.45, 7) is 0. The average molecular weight is 236 g/mol. The largest absolute Gasteiger partial charge is 0.126 e. The zero-order valence-electron chi connectivity index (χ0n) is 6.88. The van der Waals surface area contributed by atoms with Crippen molar-refractivity contribution in [1.29, 1.82) is 0 Å². The van der Waals surface area contributed by atoms with Crippen molar-refractivity contribution >= 4 is 34.8 Å². The predicted octanol–water partition coefficient (Wildman–Crippen LogP) is 4.33. The first-order valence-electron chi connectivity index (χ1n) is 3.87. The Labute approximate surface area is 93.1 Å². The van der Waals surface area contributed by atoms with E-state index in [-0.39, 0.29) is 10.4 Å². The van der Waals surface area contributed by atoms with Gasteiger partial charge < -0.3 is 0 Å². The molecule has 1 aromatic rings. The molecule has 0 aliphatic carbocycles. The van der Waals surface area contributed by atoms with Crippen LogP contribution in [0, 0.1) is 0 Å². The minimum absolute atomic E-state index is 0.0906. The van der Waals surface area contributed by atoms with E-state index in [2.05, 4.69) is 0 Å². The fraction of sp³-hybridized carbons (Fsp3) is 0.200. The Kier molecular flexibility index (Phi) is 4.65. The van der Waals surface area contributed by atoms with Crippen molar-refractivity contribution < 1.29 is 0 Å². The Hall–Kier alpha value is -0.170. The maximum atomic E-state index is 5.78. The molecule has 1 aromatic carbocycles. The summed E-state index contributed by atoms with van der Waals surface area (Å²) in [6.07, 6.45) is 1.74. The number of halogens is 3. The van der Waals surface area contributed by atoms with Crippen molar-refractivity contribution in [2.24, 2.45) is 0 Å². The summed E-state index contributed by atoms with van der Waals surface area (Å²) in [5.41, 5.74) is 1.12. The lowest BCUT2D eigenvalue weighted by molar-refractivity contribution is 0.977. The molecule has 0 bridgehead atoms. The summed E-state index contributed by atoms with van der Waals surface area (Å²) in [5.74, 6) is 0.570. The fourth-order valence-electron chi connectivity index (χ4n) is 1.08. The molecule has 0 heterocycles. The Morgan fingerprint density at radius 2 is 1.85 bits per heavy atom. The molecule has 70 valence electrons. The van der Waals surface area contributed by atoms with Gasteiger partial charge in [0.15, 0.2) is 0 Å². The fourth-order valence-corrected chi connectivity index (χ4v) is 1.65. The molecule has 0 amide bonds. The van der Waals surface area contributed by atoms with Gasteiger partial charge in [0.05, 0.1) is 0 Å². The SMILES string of the molecule is ClCC(C=C(Cl)Cl)c1ccccc1. The average Bonchev–Trinajstić information content (AvgIpc) is 2.15. The standard InChI is InChI=1S/C10H9Cl3/c11-7-9(6-10(12)13)8-4-2-1-3-5-8/h1-6,9H,7H2. The monoisotopic (exact) mass is 234 g/mol. The topological polar surface area (TPSA) is 0 Å². The third-order valence-electron chi connectivity index (χ3n) is 1.72. The first-order valence-corrected chi connectivity index (χ1v) is 5.17. The molecule has 0 nitrogen and oxygen atoms in total. The van der Waals surface area contributed by atoms with Gasteiger partial charge in [0, 0.05) is 11.8 Å². The highest BCUT2D eigenvalue weighted by Gasteiger charge is 2.06. The van der Waals surface area contributed by atoms with Gasteiger partial charge in [-0.3, -0.25) is 0 Å². The molecule has 0 aliphatic rings. The smallest absolute Gasteiger partial charge is 0.103 e. The molecule has 0 fully saturated rings. The maximum Gasteiger partial charge on any atom is 0.103 e. The van der Waals surface area contributed by atoms with E-state index in [0.717, 1.165) is 5.56 Å². The summed E-state index contributed by atoms with van der Waals surface area (Å²) in [4.78, 5) is 0. The van der Waals surface area contributed by atoms with Crippen molar-refractivity contribution in [3.05, 3.63) is 46.5 Å². The summed E-state index contributed by atoms with van der Waals surface area (Å²) in [7, 11) is 0. The molecule has 0 saturated heterocycles. The molecular formula is C10H9Cl3. The van der Waals surface area contributed by atoms with Gasteiger partial charge in [0.25, 0.3) is 0 Å². The molecule has 3 heteroatoms. The number of hydrogen-bond acceptors (Lipinski definition) is 0. The van der Waals surface area contributed by atoms with Gasteiger partial charge in [-0.1, -0.05) is 53.5 Å². The van der Waals surface area contributed by atoms with E-state index >= 15 is 0 Å². The van der Waals surface area contributed by atoms with Crippen LogP contribution in [0.15, 0.2) is 40.9 Å². The molecule has 1 unspecified atom stereocenters. The van der Waals surface area contributed by atoms with Crippen LogP contribution in [0.4, 0.5) is 0 Å². The Morgan fingerprint density at radius 1 is 1.23 bits per heavy atom. The van der Waals surface area contributed by atoms with E-state index < -0.39 is 0 Å². The first kappa shape index (κ1) is 10.9. The van der Waals surface area contributed by atoms with Crippen LogP contribution in [0.25, 0.3) is 0 Å². The lowest BCUT2D eigenvalue weighted by atomic mass is 10.0. The van der Waals surface area contributed by atoms with Crippen LogP contribution < -0.4 is 0 Å². The Bertz CT molecular complexity index is 275. The quantitative estimate of drug-likeness (QED) is 0.684. The van der Waals surface area contributed by atoms with Crippen LogP contribution in [0.5, 0.6) is 0 Å². The first-order chi connectivity index (χ1) is 6.24. The highest BCUT2D eigenvalue weighted by atomic mass is 35.5. The number of allylic oxidation sites excluding steroid dienone is 1. The minimum atomic E-state index is 0.0906. The van der Waals surface area contributed by atoms with E-state index in [1.165, 1.54) is 0 Å². The number of hydrogen-bond donors (Lipinski definition) is 0. The van der Waals surface area contributed by atoms with Crippen LogP contribution in [0.1, 0.15) is 11.5 Å². The summed E-state index contributed by atoms with van der Waals surface area (Å²) in [6, 6.07) is 9.89. The van der Waals surface area contributed by atoms with E-state index in [0.29, 0.717) is 5.88 Å². The van der Waals surface area contributed by atoms with Gasteiger partial charge in [0.2, 0.25) is 0 Å². The van der Waals surface area contributed by atoms with Gasteiger partial charge in [-0.05, 0) is 11.6 Å². The minimum Gasteiger partial charge on any atom is -0.126 e. The molecule has 1 rings (SSSR count). The summed E-state index contributed by atoms with van der Waals surface area (Å²) < 4.78 is 0.259. The van der Waals surface area contributed by atoms with Gasteiger partial charge in [-0.25, -0.2) is 0 Å². The van der Waals surface area contributed by atoms with Gasteiger partial charge in [-0.2, -0.15) is 0 Å². The predicted molar refractivity (Wildman–Crippen MR) is 59.7 cm³/mol. The second-order valence-electron chi connectivity index (χ2n) is 2.63. The van der Waals surface area contributed by atoms with Crippen LogP contribution in [-0.4, -0.2) is 5.88 Å². The van der Waals surface area contributed by atoms with Crippen LogP contribution in [0.2, 0.25) is 0 Å². The molecule has 0 N–H and O–H groups in total. The van der Waals surface area contributed by atoms with Crippen molar-refractivity contribution in [3.8, 4) is 0 Å². The summed E-state index contributed by atoms with van der Waals surface area (Å²) in [5, 5.41) is 0.